The Morgan fingerprint density at radius 3 is 2.78 bits per heavy atom. The molecule has 2 unspecified atom stereocenters. The Labute approximate surface area is 108 Å². The van der Waals surface area contributed by atoms with Crippen molar-refractivity contribution in [1.82, 2.24) is 5.32 Å². The Balaban J connectivity index is 1.95. The zero-order chi connectivity index (χ0) is 12.4. The van der Waals surface area contributed by atoms with Gasteiger partial charge in [0.15, 0.2) is 0 Å². The van der Waals surface area contributed by atoms with Crippen molar-refractivity contribution in [3.8, 4) is 0 Å². The first kappa shape index (κ1) is 11.8. The maximum absolute atomic E-state index is 6.06. The molecule has 1 saturated carbocycles. The van der Waals surface area contributed by atoms with Crippen molar-refractivity contribution >= 4 is 11.0 Å². The fraction of sp³-hybridized carbons (Fsp3) is 0.500. The van der Waals surface area contributed by atoms with Gasteiger partial charge in [-0.05, 0) is 32.0 Å². The van der Waals surface area contributed by atoms with Gasteiger partial charge in [0.25, 0.3) is 0 Å². The van der Waals surface area contributed by atoms with Crippen LogP contribution in [-0.4, -0.2) is 13.1 Å². The van der Waals surface area contributed by atoms with Crippen molar-refractivity contribution in [2.75, 3.05) is 7.05 Å². The smallest absolute Gasteiger partial charge is 0.134 e. The fourth-order valence-electron chi connectivity index (χ4n) is 3.18. The molecule has 1 fully saturated rings. The lowest BCUT2D eigenvalue weighted by atomic mass is 9.92. The summed E-state index contributed by atoms with van der Waals surface area (Å²) in [6, 6.07) is 11.1. The molecule has 1 aromatic carbocycles. The van der Waals surface area contributed by atoms with Crippen LogP contribution in [0.2, 0.25) is 0 Å². The van der Waals surface area contributed by atoms with Gasteiger partial charge in [-0.25, -0.2) is 0 Å². The van der Waals surface area contributed by atoms with Crippen LogP contribution in [-0.2, 0) is 0 Å². The third-order valence-corrected chi connectivity index (χ3v) is 4.20. The second-order valence-electron chi connectivity index (χ2n) is 5.33. The highest BCUT2D eigenvalue weighted by molar-refractivity contribution is 5.77. The van der Waals surface area contributed by atoms with E-state index < -0.39 is 0 Å². The van der Waals surface area contributed by atoms with E-state index in [2.05, 4.69) is 36.6 Å². The molecular formula is C16H21NO. The lowest BCUT2D eigenvalue weighted by molar-refractivity contribution is 0.381. The van der Waals surface area contributed by atoms with Crippen molar-refractivity contribution in [1.29, 1.82) is 0 Å². The van der Waals surface area contributed by atoms with E-state index in [1.165, 1.54) is 37.5 Å². The Kier molecular flexibility index (Phi) is 3.37. The molecule has 1 aliphatic rings. The van der Waals surface area contributed by atoms with E-state index in [9.17, 15) is 0 Å². The van der Waals surface area contributed by atoms with Gasteiger partial charge >= 0.3 is 0 Å². The minimum atomic E-state index is 0.532. The van der Waals surface area contributed by atoms with Gasteiger partial charge in [-0.1, -0.05) is 37.5 Å². The highest BCUT2D eigenvalue weighted by atomic mass is 16.3. The van der Waals surface area contributed by atoms with E-state index in [1.54, 1.807) is 0 Å². The first-order valence-electron chi connectivity index (χ1n) is 7.04. The van der Waals surface area contributed by atoms with Gasteiger partial charge in [-0.15, -0.1) is 0 Å². The molecule has 0 aliphatic heterocycles. The lowest BCUT2D eigenvalue weighted by Gasteiger charge is -2.22. The van der Waals surface area contributed by atoms with Crippen LogP contribution in [0, 0.1) is 0 Å². The summed E-state index contributed by atoms with van der Waals surface area (Å²) in [6.45, 7) is 0. The van der Waals surface area contributed by atoms with E-state index >= 15 is 0 Å². The van der Waals surface area contributed by atoms with Crippen LogP contribution < -0.4 is 5.32 Å². The molecular weight excluding hydrogens is 222 g/mol. The third-order valence-electron chi connectivity index (χ3n) is 4.20. The highest BCUT2D eigenvalue weighted by Crippen LogP contribution is 2.34. The monoisotopic (exact) mass is 243 g/mol. The Hall–Kier alpha value is -1.28. The molecule has 1 aliphatic carbocycles. The summed E-state index contributed by atoms with van der Waals surface area (Å²) in [5.41, 5.74) is 1.02. The van der Waals surface area contributed by atoms with E-state index in [0.29, 0.717) is 12.0 Å². The number of benzene rings is 1. The van der Waals surface area contributed by atoms with Gasteiger partial charge < -0.3 is 9.73 Å². The normalized spacial score (nSPS) is 25.2. The second-order valence-corrected chi connectivity index (χ2v) is 5.33. The largest absolute Gasteiger partial charge is 0.461 e. The molecule has 2 aromatic rings. The summed E-state index contributed by atoms with van der Waals surface area (Å²) in [6.07, 6.45) is 6.51. The molecule has 1 aromatic heterocycles. The molecule has 1 heterocycles. The molecule has 96 valence electrons. The number of hydrogen-bond donors (Lipinski definition) is 1. The number of hydrogen-bond acceptors (Lipinski definition) is 2. The van der Waals surface area contributed by atoms with Crippen LogP contribution in [0.15, 0.2) is 34.7 Å². The van der Waals surface area contributed by atoms with E-state index in [-0.39, 0.29) is 0 Å². The molecule has 0 amide bonds. The molecule has 2 nitrogen and oxygen atoms in total. The van der Waals surface area contributed by atoms with Gasteiger partial charge in [0, 0.05) is 17.3 Å². The molecule has 2 atom stereocenters. The molecule has 0 saturated heterocycles. The van der Waals surface area contributed by atoms with Crippen LogP contribution in [0.3, 0.4) is 0 Å². The molecule has 18 heavy (non-hydrogen) atoms. The number of para-hydroxylation sites is 1. The standard InChI is InChI=1S/C16H21NO/c1-17-14-9-4-2-3-8-13(14)16-11-12-7-5-6-10-15(12)18-16/h5-7,10-11,13-14,17H,2-4,8-9H2,1H3. The van der Waals surface area contributed by atoms with Gasteiger partial charge in [0.2, 0.25) is 0 Å². The van der Waals surface area contributed by atoms with Gasteiger partial charge in [-0.3, -0.25) is 0 Å². The first-order chi connectivity index (χ1) is 8.88. The van der Waals surface area contributed by atoms with E-state index in [1.807, 2.05) is 6.07 Å². The molecule has 2 heteroatoms. The van der Waals surface area contributed by atoms with Gasteiger partial charge in [-0.2, -0.15) is 0 Å². The van der Waals surface area contributed by atoms with Crippen LogP contribution in [0.25, 0.3) is 11.0 Å². The zero-order valence-corrected chi connectivity index (χ0v) is 11.0. The Morgan fingerprint density at radius 2 is 1.94 bits per heavy atom. The summed E-state index contributed by atoms with van der Waals surface area (Å²) in [4.78, 5) is 0. The van der Waals surface area contributed by atoms with E-state index in [0.717, 1.165) is 11.3 Å². The van der Waals surface area contributed by atoms with Crippen LogP contribution >= 0.6 is 0 Å². The van der Waals surface area contributed by atoms with E-state index in [4.69, 9.17) is 4.42 Å². The Bertz CT molecular complexity index is 484. The average Bonchev–Trinajstić information content (AvgIpc) is 2.68. The molecule has 0 spiro atoms. The SMILES string of the molecule is CNC1CCCCCC1c1cc2ccccc2o1. The number of rotatable bonds is 2. The van der Waals surface area contributed by atoms with Crippen LogP contribution in [0.4, 0.5) is 0 Å². The number of fused-ring (bicyclic) bond motifs is 1. The van der Waals surface area contributed by atoms with Crippen molar-refractivity contribution in [2.24, 2.45) is 0 Å². The summed E-state index contributed by atoms with van der Waals surface area (Å²) in [7, 11) is 2.08. The maximum Gasteiger partial charge on any atom is 0.134 e. The van der Waals surface area contributed by atoms with Crippen molar-refractivity contribution in [2.45, 2.75) is 44.1 Å². The molecule has 1 N–H and O–H groups in total. The number of likely N-dealkylation sites (N-methyl/N-ethyl adjacent to an activating group) is 1. The minimum Gasteiger partial charge on any atom is -0.461 e. The number of nitrogens with one attached hydrogen (secondary N) is 1. The number of furan rings is 1. The second kappa shape index (κ2) is 5.15. The Morgan fingerprint density at radius 1 is 1.11 bits per heavy atom. The highest BCUT2D eigenvalue weighted by Gasteiger charge is 2.26. The minimum absolute atomic E-state index is 0.532. The average molecular weight is 243 g/mol. The molecule has 3 rings (SSSR count). The molecule has 0 bridgehead atoms. The topological polar surface area (TPSA) is 25.2 Å². The van der Waals surface area contributed by atoms with Crippen LogP contribution in [0.5, 0.6) is 0 Å². The fourth-order valence-corrected chi connectivity index (χ4v) is 3.18. The maximum atomic E-state index is 6.06. The van der Waals surface area contributed by atoms with Crippen molar-refractivity contribution in [3.63, 3.8) is 0 Å². The quantitative estimate of drug-likeness (QED) is 0.804. The van der Waals surface area contributed by atoms with Crippen molar-refractivity contribution < 1.29 is 4.42 Å². The third kappa shape index (κ3) is 2.17. The summed E-state index contributed by atoms with van der Waals surface area (Å²) >= 11 is 0. The van der Waals surface area contributed by atoms with Gasteiger partial charge in [0.05, 0.1) is 0 Å². The van der Waals surface area contributed by atoms with Gasteiger partial charge in [0.1, 0.15) is 11.3 Å². The molecule has 0 radical (unpaired) electrons. The zero-order valence-electron chi connectivity index (χ0n) is 11.0. The predicted octanol–water partition coefficient (Wildman–Crippen LogP) is 4.07. The lowest BCUT2D eigenvalue weighted by Crippen LogP contribution is -2.30. The summed E-state index contributed by atoms with van der Waals surface area (Å²) < 4.78 is 6.06. The van der Waals surface area contributed by atoms with Crippen LogP contribution in [0.1, 0.15) is 43.8 Å². The summed E-state index contributed by atoms with van der Waals surface area (Å²) in [5.74, 6) is 1.70. The predicted molar refractivity (Wildman–Crippen MR) is 74.9 cm³/mol. The first-order valence-corrected chi connectivity index (χ1v) is 7.04. The van der Waals surface area contributed by atoms with Crippen molar-refractivity contribution in [3.05, 3.63) is 36.1 Å². The summed E-state index contributed by atoms with van der Waals surface area (Å²) in [5, 5.41) is 4.71.